The smallest absolute Gasteiger partial charge is 0.173 e. The lowest BCUT2D eigenvalue weighted by atomic mass is 10.2. The van der Waals surface area contributed by atoms with E-state index in [-0.39, 0.29) is 10.8 Å². The van der Waals surface area contributed by atoms with Crippen molar-refractivity contribution in [2.24, 2.45) is 0 Å². The lowest BCUT2D eigenvalue weighted by Crippen LogP contribution is -2.40. The Morgan fingerprint density at radius 3 is 2.71 bits per heavy atom. The molecule has 0 aliphatic rings. The minimum Gasteiger partial charge on any atom is -0.598 e. The number of nitrogens with zero attached hydrogens (tertiary/aromatic N) is 3. The molecule has 2 aromatic heterocycles. The van der Waals surface area contributed by atoms with E-state index in [4.69, 9.17) is 0 Å². The SMILES string of the molecule is Cc1cc(-c2nsc(C(C)N[S@+]([O-])C(C)(C)C)n2)ccn1. The molecule has 2 aromatic rings. The predicted molar refractivity (Wildman–Crippen MR) is 87.3 cm³/mol. The van der Waals surface area contributed by atoms with Crippen molar-refractivity contribution >= 4 is 22.9 Å². The van der Waals surface area contributed by atoms with Gasteiger partial charge in [-0.1, -0.05) is 0 Å². The van der Waals surface area contributed by atoms with Gasteiger partial charge in [0, 0.05) is 28.8 Å². The summed E-state index contributed by atoms with van der Waals surface area (Å²) in [5, 5.41) is 0.831. The highest BCUT2D eigenvalue weighted by Gasteiger charge is 2.29. The lowest BCUT2D eigenvalue weighted by molar-refractivity contribution is 0.531. The fourth-order valence-corrected chi connectivity index (χ4v) is 3.13. The molecule has 0 fully saturated rings. The number of hydrogen-bond donors (Lipinski definition) is 1. The maximum atomic E-state index is 12.1. The minimum absolute atomic E-state index is 0.0979. The van der Waals surface area contributed by atoms with Crippen molar-refractivity contribution in [1.29, 1.82) is 0 Å². The standard InChI is InChI=1S/C14H20N4OS2/c1-9-8-11(6-7-15-9)12-16-13(20-17-12)10(2)18-21(19)14(3,4)5/h6-8,10,18H,1-5H3/t10?,21-/m1/s1. The van der Waals surface area contributed by atoms with Gasteiger partial charge in [-0.15, -0.1) is 4.72 Å². The second-order valence-corrected chi connectivity index (χ2v) is 8.64. The molecule has 5 nitrogen and oxygen atoms in total. The van der Waals surface area contributed by atoms with Gasteiger partial charge in [0.1, 0.15) is 15.8 Å². The molecular formula is C14H20N4OS2. The van der Waals surface area contributed by atoms with Crippen molar-refractivity contribution in [3.05, 3.63) is 29.0 Å². The van der Waals surface area contributed by atoms with Gasteiger partial charge < -0.3 is 4.55 Å². The van der Waals surface area contributed by atoms with Gasteiger partial charge in [0.15, 0.2) is 5.82 Å². The van der Waals surface area contributed by atoms with Crippen molar-refractivity contribution in [3.8, 4) is 11.4 Å². The molecule has 0 bridgehead atoms. The lowest BCUT2D eigenvalue weighted by Gasteiger charge is -2.25. The molecule has 0 aliphatic heterocycles. The van der Waals surface area contributed by atoms with E-state index in [9.17, 15) is 4.55 Å². The Morgan fingerprint density at radius 2 is 2.10 bits per heavy atom. The van der Waals surface area contributed by atoms with Crippen LogP contribution < -0.4 is 4.72 Å². The summed E-state index contributed by atoms with van der Waals surface area (Å²) >= 11 is 0.205. The van der Waals surface area contributed by atoms with E-state index >= 15 is 0 Å². The number of hydrogen-bond acceptors (Lipinski definition) is 6. The van der Waals surface area contributed by atoms with Crippen molar-refractivity contribution in [2.75, 3.05) is 0 Å². The summed E-state index contributed by atoms with van der Waals surface area (Å²) in [6, 6.07) is 3.75. The van der Waals surface area contributed by atoms with E-state index < -0.39 is 11.4 Å². The van der Waals surface area contributed by atoms with Crippen LogP contribution in [0, 0.1) is 6.92 Å². The molecule has 0 radical (unpaired) electrons. The number of pyridine rings is 1. The van der Waals surface area contributed by atoms with Gasteiger partial charge >= 0.3 is 0 Å². The van der Waals surface area contributed by atoms with Crippen molar-refractivity contribution in [1.82, 2.24) is 19.1 Å². The molecule has 114 valence electrons. The molecule has 1 unspecified atom stereocenters. The summed E-state index contributed by atoms with van der Waals surface area (Å²) in [5.41, 5.74) is 1.89. The maximum Gasteiger partial charge on any atom is 0.173 e. The average Bonchev–Trinajstić information content (AvgIpc) is 2.87. The molecule has 0 aromatic carbocycles. The number of rotatable bonds is 4. The van der Waals surface area contributed by atoms with E-state index in [1.807, 2.05) is 46.8 Å². The van der Waals surface area contributed by atoms with Gasteiger partial charge in [0.05, 0.1) is 0 Å². The molecule has 0 aliphatic carbocycles. The van der Waals surface area contributed by atoms with Gasteiger partial charge in [-0.2, -0.15) is 4.37 Å². The van der Waals surface area contributed by atoms with Gasteiger partial charge in [0.25, 0.3) is 0 Å². The van der Waals surface area contributed by atoms with Crippen LogP contribution in [0.25, 0.3) is 11.4 Å². The predicted octanol–water partition coefficient (Wildman–Crippen LogP) is 3.02. The Labute approximate surface area is 132 Å². The first-order valence-electron chi connectivity index (χ1n) is 6.72. The van der Waals surface area contributed by atoms with E-state index in [1.165, 1.54) is 11.5 Å². The minimum atomic E-state index is -1.13. The van der Waals surface area contributed by atoms with Crippen LogP contribution in [0.4, 0.5) is 0 Å². The maximum absolute atomic E-state index is 12.1. The van der Waals surface area contributed by atoms with E-state index in [0.717, 1.165) is 16.3 Å². The van der Waals surface area contributed by atoms with Crippen LogP contribution in [0.3, 0.4) is 0 Å². The molecule has 21 heavy (non-hydrogen) atoms. The summed E-state index contributed by atoms with van der Waals surface area (Å²) < 4.78 is 19.3. The molecule has 2 heterocycles. The van der Waals surface area contributed by atoms with Crippen LogP contribution in [-0.2, 0) is 11.4 Å². The second kappa shape index (κ2) is 6.39. The fraction of sp³-hybridized carbons (Fsp3) is 0.500. The third-order valence-electron chi connectivity index (χ3n) is 2.81. The molecule has 0 spiro atoms. The van der Waals surface area contributed by atoms with Crippen LogP contribution in [0.2, 0.25) is 0 Å². The Kier molecular flexibility index (Phi) is 4.98. The topological polar surface area (TPSA) is 73.8 Å². The van der Waals surface area contributed by atoms with Gasteiger partial charge in [-0.3, -0.25) is 4.98 Å². The zero-order valence-electron chi connectivity index (χ0n) is 12.9. The first-order chi connectivity index (χ1) is 9.77. The molecule has 0 saturated heterocycles. The van der Waals surface area contributed by atoms with Crippen LogP contribution in [0.5, 0.6) is 0 Å². The monoisotopic (exact) mass is 324 g/mol. The van der Waals surface area contributed by atoms with Gasteiger partial charge in [0.2, 0.25) is 0 Å². The average molecular weight is 324 g/mol. The number of aromatic nitrogens is 3. The molecule has 1 N–H and O–H groups in total. The van der Waals surface area contributed by atoms with Crippen LogP contribution in [-0.4, -0.2) is 23.6 Å². The number of aryl methyl sites for hydroxylation is 1. The van der Waals surface area contributed by atoms with Crippen molar-refractivity contribution in [3.63, 3.8) is 0 Å². The molecule has 2 rings (SSSR count). The summed E-state index contributed by atoms with van der Waals surface area (Å²) in [6.07, 6.45) is 1.75. The highest BCUT2D eigenvalue weighted by molar-refractivity contribution is 7.90. The highest BCUT2D eigenvalue weighted by Crippen LogP contribution is 2.24. The first kappa shape index (κ1) is 16.4. The molecule has 2 atom stereocenters. The normalized spacial score (nSPS) is 15.0. The Hall–Kier alpha value is -1.02. The van der Waals surface area contributed by atoms with Crippen molar-refractivity contribution < 1.29 is 4.55 Å². The third kappa shape index (κ3) is 4.23. The Morgan fingerprint density at radius 1 is 1.38 bits per heavy atom. The summed E-state index contributed by atoms with van der Waals surface area (Å²) in [7, 11) is 0. The van der Waals surface area contributed by atoms with Crippen LogP contribution >= 0.6 is 11.5 Å². The third-order valence-corrected chi connectivity index (χ3v) is 5.38. The second-order valence-electron chi connectivity index (χ2n) is 5.86. The molecule has 7 heteroatoms. The largest absolute Gasteiger partial charge is 0.598 e. The number of nitrogens with one attached hydrogen (secondary N) is 1. The molecule has 0 saturated carbocycles. The fourth-order valence-electron chi connectivity index (χ4n) is 1.60. The highest BCUT2D eigenvalue weighted by atomic mass is 32.2. The van der Waals surface area contributed by atoms with Crippen LogP contribution in [0.1, 0.15) is 44.4 Å². The van der Waals surface area contributed by atoms with E-state index in [2.05, 4.69) is 19.1 Å². The Bertz CT molecular complexity index is 609. The molecule has 0 amide bonds. The summed E-state index contributed by atoms with van der Waals surface area (Å²) in [4.78, 5) is 8.71. The van der Waals surface area contributed by atoms with E-state index in [1.54, 1.807) is 6.20 Å². The van der Waals surface area contributed by atoms with Gasteiger partial charge in [-0.05, 0) is 58.3 Å². The van der Waals surface area contributed by atoms with E-state index in [0.29, 0.717) is 5.82 Å². The van der Waals surface area contributed by atoms with Crippen LogP contribution in [0.15, 0.2) is 18.3 Å². The van der Waals surface area contributed by atoms with Crippen molar-refractivity contribution in [2.45, 2.75) is 45.4 Å². The van der Waals surface area contributed by atoms with Gasteiger partial charge in [-0.25, -0.2) is 4.98 Å². The zero-order valence-corrected chi connectivity index (χ0v) is 14.5. The Balaban J connectivity index is 2.13. The summed E-state index contributed by atoms with van der Waals surface area (Å²) in [6.45, 7) is 9.70. The zero-order chi connectivity index (χ0) is 15.6. The molecular weight excluding hydrogens is 304 g/mol. The first-order valence-corrected chi connectivity index (χ1v) is 8.64. The summed E-state index contributed by atoms with van der Waals surface area (Å²) in [5.74, 6) is 0.690. The quantitative estimate of drug-likeness (QED) is 0.875.